The van der Waals surface area contributed by atoms with Gasteiger partial charge < -0.3 is 24.7 Å². The molecule has 0 bridgehead atoms. The number of hydrogen-bond acceptors (Lipinski definition) is 9. The highest BCUT2D eigenvalue weighted by molar-refractivity contribution is 7.90. The second-order valence-corrected chi connectivity index (χ2v) is 12.3. The van der Waals surface area contributed by atoms with Crippen LogP contribution < -0.4 is 15.2 Å². The maximum Gasteiger partial charge on any atom is 0.586 e. The average Bonchev–Trinajstić information content (AvgIpc) is 3.64. The molecule has 232 valence electrons. The largest absolute Gasteiger partial charge is 0.586 e. The van der Waals surface area contributed by atoms with Crippen molar-refractivity contribution >= 4 is 15.7 Å². The number of aromatic nitrogens is 3. The number of nitrogens with zero attached hydrogens (tertiary/aromatic N) is 3. The number of sulfone groups is 1. The lowest BCUT2D eigenvalue weighted by Gasteiger charge is -2.14. The molecule has 3 heterocycles. The van der Waals surface area contributed by atoms with Crippen LogP contribution in [0.1, 0.15) is 21.9 Å². The number of rotatable bonds is 7. The molecule has 15 heteroatoms. The van der Waals surface area contributed by atoms with E-state index in [2.05, 4.69) is 19.6 Å². The van der Waals surface area contributed by atoms with Crippen molar-refractivity contribution in [1.29, 1.82) is 0 Å². The molecular weight excluding hydrogens is 617 g/mol. The lowest BCUT2D eigenvalue weighted by molar-refractivity contribution is -0.286. The fraction of sp³-hybridized carbons (Fsp3) is 0.167. The number of hydrogen-bond donors (Lipinski definition) is 2. The second-order valence-electron chi connectivity index (χ2n) is 10.3. The van der Waals surface area contributed by atoms with E-state index in [9.17, 15) is 27.1 Å². The van der Waals surface area contributed by atoms with Crippen LogP contribution in [0.4, 0.5) is 13.2 Å². The topological polar surface area (TPSA) is 160 Å². The molecule has 0 radical (unpaired) electrons. The second kappa shape index (κ2) is 10.5. The number of aryl methyl sites for hydroxylation is 2. The lowest BCUT2D eigenvalue weighted by atomic mass is 9.93. The average molecular weight is 641 g/mol. The number of ether oxygens (including phenoxy) is 2. The number of benzene rings is 3. The van der Waals surface area contributed by atoms with Crippen LogP contribution >= 0.6 is 0 Å². The molecule has 0 unspecified atom stereocenters. The number of halogens is 3. The summed E-state index contributed by atoms with van der Waals surface area (Å²) in [5.41, 5.74) is 7.38. The van der Waals surface area contributed by atoms with Crippen LogP contribution in [0.25, 0.3) is 45.0 Å². The third-order valence-corrected chi connectivity index (χ3v) is 8.29. The van der Waals surface area contributed by atoms with Gasteiger partial charge in [-0.3, -0.25) is 9.48 Å². The van der Waals surface area contributed by atoms with E-state index in [1.807, 2.05) is 0 Å². The monoisotopic (exact) mass is 640 g/mol. The van der Waals surface area contributed by atoms with Gasteiger partial charge in [-0.1, -0.05) is 12.1 Å². The highest BCUT2D eigenvalue weighted by atomic mass is 32.2. The normalized spacial score (nSPS) is 13.8. The number of nitrogens with two attached hydrogens (primary N) is 1. The first-order valence-corrected chi connectivity index (χ1v) is 15.0. The van der Waals surface area contributed by atoms with Crippen LogP contribution in [0.15, 0.2) is 63.9 Å². The van der Waals surface area contributed by atoms with Gasteiger partial charge in [-0.2, -0.15) is 5.10 Å². The van der Waals surface area contributed by atoms with Gasteiger partial charge in [-0.25, -0.2) is 17.8 Å². The van der Waals surface area contributed by atoms with Gasteiger partial charge in [0.1, 0.15) is 11.5 Å². The van der Waals surface area contributed by atoms with Crippen LogP contribution in [0.3, 0.4) is 0 Å². The standard InChI is InChI=1S/C30H23F3N4O7S/c1-14-35-27(16-5-7-24-25(10-16)44-30(32,33)43-24)28(42-14)19-8-15(4-6-18(19)23-12-22(29(34)39)36-37(23)2)17-9-21(31)20(13-38)26(11-17)45(3,40)41/h4-12,38H,13H2,1-3H3,(H2,34,39). The Bertz CT molecular complexity index is 2140. The molecule has 6 rings (SSSR count). The summed E-state index contributed by atoms with van der Waals surface area (Å²) in [5, 5.41) is 13.8. The molecule has 1 aliphatic rings. The van der Waals surface area contributed by atoms with E-state index in [0.717, 1.165) is 12.3 Å². The fourth-order valence-corrected chi connectivity index (χ4v) is 6.09. The lowest BCUT2D eigenvalue weighted by Crippen LogP contribution is -2.25. The van der Waals surface area contributed by atoms with E-state index < -0.39 is 34.5 Å². The molecule has 3 aromatic carbocycles. The predicted molar refractivity (Wildman–Crippen MR) is 153 cm³/mol. The zero-order valence-corrected chi connectivity index (χ0v) is 24.6. The SMILES string of the molecule is Cc1nc(-c2ccc3c(c2)OC(F)(F)O3)c(-c2cc(-c3cc(F)c(CO)c(S(C)(=O)=O)c3)ccc2-c2cc(C(N)=O)nn2C)o1. The first-order chi connectivity index (χ1) is 21.1. The van der Waals surface area contributed by atoms with Crippen molar-refractivity contribution in [3.8, 4) is 56.5 Å². The van der Waals surface area contributed by atoms with Crippen LogP contribution in [-0.4, -0.2) is 46.7 Å². The minimum absolute atomic E-state index is 0.0207. The zero-order chi connectivity index (χ0) is 32.4. The molecule has 0 saturated carbocycles. The first-order valence-electron chi connectivity index (χ1n) is 13.1. The minimum Gasteiger partial charge on any atom is -0.440 e. The number of aliphatic hydroxyl groups is 1. The van der Waals surface area contributed by atoms with Crippen molar-refractivity contribution in [2.24, 2.45) is 12.8 Å². The van der Waals surface area contributed by atoms with Gasteiger partial charge in [0.2, 0.25) is 0 Å². The Morgan fingerprint density at radius 2 is 1.71 bits per heavy atom. The molecule has 5 aromatic rings. The van der Waals surface area contributed by atoms with Crippen molar-refractivity contribution in [2.75, 3.05) is 6.26 Å². The van der Waals surface area contributed by atoms with E-state index in [1.165, 1.54) is 35.0 Å². The zero-order valence-electron chi connectivity index (χ0n) is 23.8. The van der Waals surface area contributed by atoms with E-state index >= 15 is 4.39 Å². The van der Waals surface area contributed by atoms with Crippen molar-refractivity contribution < 1.29 is 45.4 Å². The van der Waals surface area contributed by atoms with E-state index in [0.29, 0.717) is 27.9 Å². The summed E-state index contributed by atoms with van der Waals surface area (Å²) in [7, 11) is -2.35. The molecule has 2 aromatic heterocycles. The van der Waals surface area contributed by atoms with E-state index in [4.69, 9.17) is 10.2 Å². The summed E-state index contributed by atoms with van der Waals surface area (Å²) in [5.74, 6) is -1.71. The highest BCUT2D eigenvalue weighted by Crippen LogP contribution is 2.46. The van der Waals surface area contributed by atoms with Gasteiger partial charge >= 0.3 is 6.29 Å². The summed E-state index contributed by atoms with van der Waals surface area (Å²) in [6.45, 7) is 0.748. The van der Waals surface area contributed by atoms with Gasteiger partial charge in [0.05, 0.1) is 17.2 Å². The van der Waals surface area contributed by atoms with Crippen LogP contribution in [-0.2, 0) is 23.5 Å². The van der Waals surface area contributed by atoms with Crippen molar-refractivity contribution in [3.05, 3.63) is 77.6 Å². The number of aliphatic hydroxyl groups excluding tert-OH is 1. The number of fused-ring (bicyclic) bond motifs is 1. The van der Waals surface area contributed by atoms with Gasteiger partial charge in [0, 0.05) is 42.5 Å². The Labute approximate surface area is 253 Å². The Balaban J connectivity index is 1.60. The maximum absolute atomic E-state index is 15.1. The van der Waals surface area contributed by atoms with Crippen LogP contribution in [0.2, 0.25) is 0 Å². The molecule has 1 amide bonds. The van der Waals surface area contributed by atoms with Gasteiger partial charge in [-0.05, 0) is 53.6 Å². The minimum atomic E-state index is -3.94. The summed E-state index contributed by atoms with van der Waals surface area (Å²) in [4.78, 5) is 16.0. The molecule has 0 atom stereocenters. The van der Waals surface area contributed by atoms with Crippen molar-refractivity contribution in [2.45, 2.75) is 24.7 Å². The third-order valence-electron chi connectivity index (χ3n) is 7.13. The number of oxazole rings is 1. The molecular formula is C30H23F3N4O7S. The number of carbonyl (C=O) groups is 1. The highest BCUT2D eigenvalue weighted by Gasteiger charge is 2.43. The molecule has 11 nitrogen and oxygen atoms in total. The predicted octanol–water partition coefficient (Wildman–Crippen LogP) is 4.84. The molecule has 0 aliphatic carbocycles. The van der Waals surface area contributed by atoms with E-state index in [1.54, 1.807) is 32.2 Å². The Morgan fingerprint density at radius 1 is 1.00 bits per heavy atom. The smallest absolute Gasteiger partial charge is 0.440 e. The van der Waals surface area contributed by atoms with Crippen LogP contribution in [0, 0.1) is 12.7 Å². The molecule has 0 spiro atoms. The fourth-order valence-electron chi connectivity index (χ4n) is 5.14. The molecule has 45 heavy (non-hydrogen) atoms. The quantitative estimate of drug-likeness (QED) is 0.254. The number of amides is 1. The molecule has 1 aliphatic heterocycles. The summed E-state index contributed by atoms with van der Waals surface area (Å²) in [6.07, 6.45) is -2.93. The van der Waals surface area contributed by atoms with Gasteiger partial charge in [0.25, 0.3) is 5.91 Å². The molecule has 0 fully saturated rings. The summed E-state index contributed by atoms with van der Waals surface area (Å²) < 4.78 is 84.1. The Kier molecular flexibility index (Phi) is 6.97. The number of alkyl halides is 2. The van der Waals surface area contributed by atoms with Gasteiger partial charge in [-0.15, -0.1) is 8.78 Å². The first kappa shape index (κ1) is 29.9. The Morgan fingerprint density at radius 3 is 2.38 bits per heavy atom. The van der Waals surface area contributed by atoms with Crippen LogP contribution in [0.5, 0.6) is 11.5 Å². The summed E-state index contributed by atoms with van der Waals surface area (Å²) >= 11 is 0. The van der Waals surface area contributed by atoms with Gasteiger partial charge in [0.15, 0.2) is 38.7 Å². The molecule has 3 N–H and O–H groups in total. The van der Waals surface area contributed by atoms with Crippen molar-refractivity contribution in [3.63, 3.8) is 0 Å². The molecule has 0 saturated heterocycles. The number of carbonyl (C=O) groups excluding carboxylic acids is 1. The Hall–Kier alpha value is -5.15. The maximum atomic E-state index is 15.1. The third kappa shape index (κ3) is 5.40. The van der Waals surface area contributed by atoms with Crippen molar-refractivity contribution in [1.82, 2.24) is 14.8 Å². The van der Waals surface area contributed by atoms with E-state index in [-0.39, 0.29) is 50.6 Å². The summed E-state index contributed by atoms with van der Waals surface area (Å²) in [6, 6.07) is 12.7. The number of primary amides is 1.